The van der Waals surface area contributed by atoms with Gasteiger partial charge >= 0.3 is 0 Å². The van der Waals surface area contributed by atoms with Crippen molar-refractivity contribution in [2.24, 2.45) is 0 Å². The highest BCUT2D eigenvalue weighted by molar-refractivity contribution is 7.90. The Labute approximate surface area is 169 Å². The fourth-order valence-corrected chi connectivity index (χ4v) is 4.31. The van der Waals surface area contributed by atoms with Crippen molar-refractivity contribution in [1.29, 1.82) is 0 Å². The van der Waals surface area contributed by atoms with E-state index in [0.717, 1.165) is 22.9 Å². The number of benzene rings is 3. The molecule has 0 bridgehead atoms. The predicted octanol–water partition coefficient (Wildman–Crippen LogP) is 4.14. The van der Waals surface area contributed by atoms with E-state index in [-0.39, 0.29) is 16.2 Å². The van der Waals surface area contributed by atoms with Gasteiger partial charge in [-0.05, 0) is 47.4 Å². The van der Waals surface area contributed by atoms with Gasteiger partial charge in [0, 0.05) is 23.8 Å². The van der Waals surface area contributed by atoms with Gasteiger partial charge < -0.3 is 5.32 Å². The minimum absolute atomic E-state index is 0.00188. The number of nitrogens with one attached hydrogen (secondary N) is 1. The molecule has 4 rings (SSSR count). The molecule has 5 nitrogen and oxygen atoms in total. The van der Waals surface area contributed by atoms with Crippen molar-refractivity contribution in [2.75, 3.05) is 11.6 Å². The predicted molar refractivity (Wildman–Crippen MR) is 112 cm³/mol. The zero-order valence-corrected chi connectivity index (χ0v) is 16.6. The third-order valence-corrected chi connectivity index (χ3v) is 6.16. The van der Waals surface area contributed by atoms with Crippen molar-refractivity contribution in [2.45, 2.75) is 17.7 Å². The first-order chi connectivity index (χ1) is 13.8. The number of carbonyl (C=O) groups excluding carboxylic acids is 2. The molecule has 0 aliphatic heterocycles. The van der Waals surface area contributed by atoms with Gasteiger partial charge in [-0.2, -0.15) is 0 Å². The number of amides is 1. The number of rotatable bonds is 4. The zero-order chi connectivity index (χ0) is 20.6. The minimum Gasteiger partial charge on any atom is -0.321 e. The summed E-state index contributed by atoms with van der Waals surface area (Å²) in [7, 11) is -3.42. The van der Waals surface area contributed by atoms with Crippen LogP contribution in [0.4, 0.5) is 5.69 Å². The van der Waals surface area contributed by atoms with Crippen LogP contribution in [0.5, 0.6) is 0 Å². The Bertz CT molecular complexity index is 1230. The van der Waals surface area contributed by atoms with Crippen molar-refractivity contribution in [3.63, 3.8) is 0 Å². The molecular formula is C23H19NO4S. The Morgan fingerprint density at radius 3 is 2.41 bits per heavy atom. The molecule has 0 saturated carbocycles. The Balaban J connectivity index is 1.71. The average Bonchev–Trinajstić information content (AvgIpc) is 3.10. The summed E-state index contributed by atoms with van der Waals surface area (Å²) in [5.74, 6) is -0.456. The second-order valence-electron chi connectivity index (χ2n) is 7.06. The summed E-state index contributed by atoms with van der Waals surface area (Å²) in [5.41, 5.74) is 4.17. The van der Waals surface area contributed by atoms with Crippen LogP contribution in [-0.4, -0.2) is 26.4 Å². The van der Waals surface area contributed by atoms with Crippen LogP contribution in [0.1, 0.15) is 32.7 Å². The summed E-state index contributed by atoms with van der Waals surface area (Å²) in [6.45, 7) is 0. The van der Waals surface area contributed by atoms with Gasteiger partial charge in [0.05, 0.1) is 10.6 Å². The van der Waals surface area contributed by atoms with E-state index in [2.05, 4.69) is 5.32 Å². The standard InChI is InChI=1S/C23H19NO4S/c1-29(27,28)17-9-5-8-16(14-17)23(26)24-20-12-10-18(15-6-3-2-4-7-15)19-11-13-21(25)22(19)20/h2-10,12,14H,11,13H2,1H3,(H,24,26). The molecule has 6 heteroatoms. The number of carbonyl (C=O) groups is 2. The lowest BCUT2D eigenvalue weighted by Crippen LogP contribution is -2.15. The number of ketones is 1. The van der Waals surface area contributed by atoms with E-state index in [1.165, 1.54) is 18.2 Å². The van der Waals surface area contributed by atoms with Crippen molar-refractivity contribution in [3.8, 4) is 11.1 Å². The molecule has 1 N–H and O–H groups in total. The number of sulfone groups is 1. The SMILES string of the molecule is CS(=O)(=O)c1cccc(C(=O)Nc2ccc(-c3ccccc3)c3c2C(=O)CC3)c1. The fraction of sp³-hybridized carbons (Fsp3) is 0.130. The van der Waals surface area contributed by atoms with Crippen molar-refractivity contribution in [1.82, 2.24) is 0 Å². The lowest BCUT2D eigenvalue weighted by atomic mass is 9.95. The van der Waals surface area contributed by atoms with Gasteiger partial charge in [0.2, 0.25) is 0 Å². The van der Waals surface area contributed by atoms with Crippen LogP contribution in [0.3, 0.4) is 0 Å². The van der Waals surface area contributed by atoms with Crippen molar-refractivity contribution in [3.05, 3.63) is 83.4 Å². The summed E-state index contributed by atoms with van der Waals surface area (Å²) in [6.07, 6.45) is 2.13. The van der Waals surface area contributed by atoms with Crippen LogP contribution in [0.15, 0.2) is 71.6 Å². The van der Waals surface area contributed by atoms with Gasteiger partial charge in [-0.25, -0.2) is 8.42 Å². The second-order valence-corrected chi connectivity index (χ2v) is 9.07. The van der Waals surface area contributed by atoms with Gasteiger partial charge in [-0.3, -0.25) is 9.59 Å². The number of hydrogen-bond donors (Lipinski definition) is 1. The van der Waals surface area contributed by atoms with E-state index < -0.39 is 15.7 Å². The number of anilines is 1. The van der Waals surface area contributed by atoms with E-state index in [1.807, 2.05) is 36.4 Å². The molecule has 29 heavy (non-hydrogen) atoms. The molecule has 3 aromatic rings. The molecule has 0 fully saturated rings. The molecule has 0 aromatic heterocycles. The molecule has 1 amide bonds. The maximum atomic E-state index is 12.7. The highest BCUT2D eigenvalue weighted by Gasteiger charge is 2.27. The van der Waals surface area contributed by atoms with E-state index in [9.17, 15) is 18.0 Å². The zero-order valence-electron chi connectivity index (χ0n) is 15.8. The molecular weight excluding hydrogens is 386 g/mol. The number of hydrogen-bond acceptors (Lipinski definition) is 4. The van der Waals surface area contributed by atoms with Crippen LogP contribution < -0.4 is 5.32 Å². The lowest BCUT2D eigenvalue weighted by Gasteiger charge is -2.14. The average molecular weight is 405 g/mol. The topological polar surface area (TPSA) is 80.3 Å². The van der Waals surface area contributed by atoms with Crippen LogP contribution in [0.2, 0.25) is 0 Å². The largest absolute Gasteiger partial charge is 0.321 e. The van der Waals surface area contributed by atoms with Crippen LogP contribution in [0, 0.1) is 0 Å². The Morgan fingerprint density at radius 1 is 0.931 bits per heavy atom. The van der Waals surface area contributed by atoms with Crippen LogP contribution >= 0.6 is 0 Å². The maximum absolute atomic E-state index is 12.7. The molecule has 146 valence electrons. The quantitative estimate of drug-likeness (QED) is 0.707. The molecule has 0 saturated heterocycles. The minimum atomic E-state index is -3.42. The van der Waals surface area contributed by atoms with E-state index in [4.69, 9.17) is 0 Å². The molecule has 0 unspecified atom stereocenters. The van der Waals surface area contributed by atoms with Crippen molar-refractivity contribution >= 4 is 27.2 Å². The second kappa shape index (κ2) is 7.29. The maximum Gasteiger partial charge on any atom is 0.255 e. The normalized spacial score (nSPS) is 13.2. The molecule has 3 aromatic carbocycles. The smallest absolute Gasteiger partial charge is 0.255 e. The van der Waals surface area contributed by atoms with Gasteiger partial charge in [0.1, 0.15) is 0 Å². The monoisotopic (exact) mass is 405 g/mol. The molecule has 0 heterocycles. The van der Waals surface area contributed by atoms with Gasteiger partial charge in [0.25, 0.3) is 5.91 Å². The Morgan fingerprint density at radius 2 is 1.69 bits per heavy atom. The van der Waals surface area contributed by atoms with Crippen LogP contribution in [0.25, 0.3) is 11.1 Å². The highest BCUT2D eigenvalue weighted by atomic mass is 32.2. The molecule has 0 spiro atoms. The van der Waals surface area contributed by atoms with Crippen LogP contribution in [-0.2, 0) is 16.3 Å². The van der Waals surface area contributed by atoms with Gasteiger partial charge in [0.15, 0.2) is 15.6 Å². The summed E-state index contributed by atoms with van der Waals surface area (Å²) in [4.78, 5) is 25.4. The molecule has 0 radical (unpaired) electrons. The fourth-order valence-electron chi connectivity index (χ4n) is 3.64. The van der Waals surface area contributed by atoms with E-state index >= 15 is 0 Å². The third-order valence-electron chi connectivity index (χ3n) is 5.05. The summed E-state index contributed by atoms with van der Waals surface area (Å²) < 4.78 is 23.5. The first-order valence-corrected chi connectivity index (χ1v) is 11.1. The van der Waals surface area contributed by atoms with Gasteiger partial charge in [-0.15, -0.1) is 0 Å². The highest BCUT2D eigenvalue weighted by Crippen LogP contribution is 2.37. The number of fused-ring (bicyclic) bond motifs is 1. The first kappa shape index (κ1) is 19.1. The molecule has 0 atom stereocenters. The van der Waals surface area contributed by atoms with E-state index in [0.29, 0.717) is 24.1 Å². The van der Waals surface area contributed by atoms with Gasteiger partial charge in [-0.1, -0.05) is 42.5 Å². The van der Waals surface area contributed by atoms with E-state index in [1.54, 1.807) is 12.1 Å². The molecule has 1 aliphatic carbocycles. The third kappa shape index (κ3) is 3.71. The first-order valence-electron chi connectivity index (χ1n) is 9.20. The summed E-state index contributed by atoms with van der Waals surface area (Å²) in [5, 5.41) is 2.79. The Hall–Kier alpha value is -3.25. The van der Waals surface area contributed by atoms with Crippen molar-refractivity contribution < 1.29 is 18.0 Å². The lowest BCUT2D eigenvalue weighted by molar-refractivity contribution is 0.0995. The number of Topliss-reactive ketones (excluding diaryl/α,β-unsaturated/α-hetero) is 1. The molecule has 1 aliphatic rings. The summed E-state index contributed by atoms with van der Waals surface area (Å²) >= 11 is 0. The Kier molecular flexibility index (Phi) is 4.80. The summed E-state index contributed by atoms with van der Waals surface area (Å²) in [6, 6.07) is 19.3.